The van der Waals surface area contributed by atoms with Gasteiger partial charge in [0, 0.05) is 18.3 Å². The van der Waals surface area contributed by atoms with Gasteiger partial charge in [0.2, 0.25) is 0 Å². The highest BCUT2D eigenvalue weighted by Crippen LogP contribution is 2.24. The van der Waals surface area contributed by atoms with Crippen molar-refractivity contribution in [1.29, 1.82) is 0 Å². The molecule has 0 aliphatic heterocycles. The SMILES string of the molecule is CSC(C)CNC(=O)NCC(CC(C)(C)C)C(=O)O. The molecule has 0 aliphatic rings. The average Bonchev–Trinajstić information content (AvgIpc) is 2.29. The molecule has 0 aromatic rings. The van der Waals surface area contributed by atoms with Gasteiger partial charge in [0.15, 0.2) is 0 Å². The van der Waals surface area contributed by atoms with Crippen LogP contribution in [0.5, 0.6) is 0 Å². The number of rotatable bonds is 7. The molecule has 0 heterocycles. The zero-order valence-corrected chi connectivity index (χ0v) is 13.3. The van der Waals surface area contributed by atoms with Gasteiger partial charge in [0.25, 0.3) is 0 Å². The summed E-state index contributed by atoms with van der Waals surface area (Å²) in [6, 6.07) is -0.305. The minimum atomic E-state index is -0.868. The first-order valence-corrected chi connectivity index (χ1v) is 7.72. The Kier molecular flexibility index (Phi) is 7.90. The third-order valence-corrected chi connectivity index (χ3v) is 3.64. The molecule has 2 atom stereocenters. The highest BCUT2D eigenvalue weighted by atomic mass is 32.2. The van der Waals surface area contributed by atoms with Crippen molar-refractivity contribution in [3.8, 4) is 0 Å². The maximum atomic E-state index is 11.5. The summed E-state index contributed by atoms with van der Waals surface area (Å²) < 4.78 is 0. The van der Waals surface area contributed by atoms with E-state index in [9.17, 15) is 9.59 Å². The van der Waals surface area contributed by atoms with Gasteiger partial charge in [-0.3, -0.25) is 4.79 Å². The Morgan fingerprint density at radius 2 is 1.74 bits per heavy atom. The van der Waals surface area contributed by atoms with Crippen LogP contribution in [0, 0.1) is 11.3 Å². The van der Waals surface area contributed by atoms with Crippen LogP contribution in [0.3, 0.4) is 0 Å². The highest BCUT2D eigenvalue weighted by molar-refractivity contribution is 7.99. The van der Waals surface area contributed by atoms with E-state index in [-0.39, 0.29) is 18.0 Å². The lowest BCUT2D eigenvalue weighted by molar-refractivity contribution is -0.142. The molecule has 112 valence electrons. The molecule has 2 amide bonds. The summed E-state index contributed by atoms with van der Waals surface area (Å²) in [6.07, 6.45) is 2.51. The minimum Gasteiger partial charge on any atom is -0.481 e. The maximum Gasteiger partial charge on any atom is 0.314 e. The summed E-state index contributed by atoms with van der Waals surface area (Å²) in [5, 5.41) is 14.8. The predicted molar refractivity (Wildman–Crippen MR) is 79.6 cm³/mol. The number of hydrogen-bond acceptors (Lipinski definition) is 3. The van der Waals surface area contributed by atoms with Crippen LogP contribution in [0.15, 0.2) is 0 Å². The van der Waals surface area contributed by atoms with Crippen LogP contribution in [0.4, 0.5) is 4.79 Å². The Labute approximate surface area is 119 Å². The molecule has 0 rings (SSSR count). The molecule has 6 heteroatoms. The molecule has 5 nitrogen and oxygen atoms in total. The summed E-state index contributed by atoms with van der Waals surface area (Å²) in [6.45, 7) is 8.72. The van der Waals surface area contributed by atoms with Crippen LogP contribution in [0.2, 0.25) is 0 Å². The zero-order valence-electron chi connectivity index (χ0n) is 12.4. The van der Waals surface area contributed by atoms with Crippen LogP contribution in [0.25, 0.3) is 0 Å². The Hall–Kier alpha value is -0.910. The second-order valence-electron chi connectivity index (χ2n) is 5.94. The van der Waals surface area contributed by atoms with Gasteiger partial charge in [-0.2, -0.15) is 11.8 Å². The number of aliphatic carboxylic acids is 1. The molecule has 0 radical (unpaired) electrons. The van der Waals surface area contributed by atoms with Crippen LogP contribution in [-0.4, -0.2) is 41.7 Å². The molecular weight excluding hydrogens is 264 g/mol. The van der Waals surface area contributed by atoms with Gasteiger partial charge < -0.3 is 15.7 Å². The molecule has 0 fully saturated rings. The number of carbonyl (C=O) groups excluding carboxylic acids is 1. The van der Waals surface area contributed by atoms with Crippen molar-refractivity contribution < 1.29 is 14.7 Å². The first-order chi connectivity index (χ1) is 8.65. The van der Waals surface area contributed by atoms with E-state index in [1.165, 1.54) is 0 Å². The lowest BCUT2D eigenvalue weighted by Gasteiger charge is -2.23. The van der Waals surface area contributed by atoms with Crippen molar-refractivity contribution in [1.82, 2.24) is 10.6 Å². The Morgan fingerprint density at radius 1 is 1.21 bits per heavy atom. The van der Waals surface area contributed by atoms with E-state index in [0.717, 1.165) is 0 Å². The van der Waals surface area contributed by atoms with Crippen LogP contribution in [-0.2, 0) is 4.79 Å². The second-order valence-corrected chi connectivity index (χ2v) is 7.21. The molecular formula is C13H26N2O3S. The summed E-state index contributed by atoms with van der Waals surface area (Å²) in [5.74, 6) is -1.42. The molecule has 0 bridgehead atoms. The monoisotopic (exact) mass is 290 g/mol. The van der Waals surface area contributed by atoms with E-state index >= 15 is 0 Å². The van der Waals surface area contributed by atoms with Gasteiger partial charge in [-0.1, -0.05) is 27.7 Å². The molecule has 0 saturated heterocycles. The van der Waals surface area contributed by atoms with Gasteiger partial charge in [-0.05, 0) is 18.1 Å². The molecule has 19 heavy (non-hydrogen) atoms. The molecule has 3 N–H and O–H groups in total. The summed E-state index contributed by atoms with van der Waals surface area (Å²) >= 11 is 1.67. The van der Waals surface area contributed by atoms with E-state index in [0.29, 0.717) is 18.2 Å². The summed E-state index contributed by atoms with van der Waals surface area (Å²) in [4.78, 5) is 22.7. The molecule has 0 aromatic heterocycles. The van der Waals surface area contributed by atoms with E-state index in [1.54, 1.807) is 11.8 Å². The second kappa shape index (κ2) is 8.30. The first-order valence-electron chi connectivity index (χ1n) is 6.43. The number of carboxylic acid groups (broad SMARTS) is 1. The molecule has 0 aromatic carbocycles. The Balaban J connectivity index is 4.11. The minimum absolute atomic E-state index is 0.0748. The van der Waals surface area contributed by atoms with Crippen LogP contribution < -0.4 is 10.6 Å². The number of hydrogen-bond donors (Lipinski definition) is 3. The third-order valence-electron chi connectivity index (χ3n) is 2.67. The van der Waals surface area contributed by atoms with E-state index in [2.05, 4.69) is 10.6 Å². The van der Waals surface area contributed by atoms with Crippen LogP contribution in [0.1, 0.15) is 34.1 Å². The fourth-order valence-corrected chi connectivity index (χ4v) is 1.83. The number of urea groups is 1. The zero-order chi connectivity index (χ0) is 15.1. The van der Waals surface area contributed by atoms with Crippen molar-refractivity contribution >= 4 is 23.8 Å². The van der Waals surface area contributed by atoms with Crippen LogP contribution >= 0.6 is 11.8 Å². The lowest BCUT2D eigenvalue weighted by Crippen LogP contribution is -2.42. The van der Waals surface area contributed by atoms with E-state index < -0.39 is 11.9 Å². The summed E-state index contributed by atoms with van der Waals surface area (Å²) in [7, 11) is 0. The third kappa shape index (κ3) is 9.64. The van der Waals surface area contributed by atoms with Gasteiger partial charge >= 0.3 is 12.0 Å². The molecule has 2 unspecified atom stereocenters. The van der Waals surface area contributed by atoms with Gasteiger partial charge in [0.1, 0.15) is 0 Å². The highest BCUT2D eigenvalue weighted by Gasteiger charge is 2.24. The molecule has 0 spiro atoms. The van der Waals surface area contributed by atoms with Gasteiger partial charge in [0.05, 0.1) is 5.92 Å². The lowest BCUT2D eigenvalue weighted by atomic mass is 9.84. The molecule has 0 saturated carbocycles. The number of amides is 2. The van der Waals surface area contributed by atoms with Crippen molar-refractivity contribution in [3.63, 3.8) is 0 Å². The number of carboxylic acids is 1. The van der Waals surface area contributed by atoms with Gasteiger partial charge in [-0.25, -0.2) is 4.79 Å². The van der Waals surface area contributed by atoms with Gasteiger partial charge in [-0.15, -0.1) is 0 Å². The van der Waals surface area contributed by atoms with E-state index in [1.807, 2.05) is 34.0 Å². The average molecular weight is 290 g/mol. The fraction of sp³-hybridized carbons (Fsp3) is 0.846. The Bertz CT molecular complexity index is 303. The van der Waals surface area contributed by atoms with Crippen molar-refractivity contribution in [3.05, 3.63) is 0 Å². The normalized spacial score (nSPS) is 14.6. The number of carbonyl (C=O) groups is 2. The smallest absolute Gasteiger partial charge is 0.314 e. The predicted octanol–water partition coefficient (Wildman–Crippen LogP) is 2.17. The topological polar surface area (TPSA) is 78.4 Å². The first kappa shape index (κ1) is 18.1. The van der Waals surface area contributed by atoms with Crippen molar-refractivity contribution in [2.24, 2.45) is 11.3 Å². The Morgan fingerprint density at radius 3 is 2.16 bits per heavy atom. The van der Waals surface area contributed by atoms with E-state index in [4.69, 9.17) is 5.11 Å². The standard InChI is InChI=1S/C13H26N2O3S/c1-9(19-5)7-14-12(18)15-8-10(11(16)17)6-13(2,3)4/h9-10H,6-8H2,1-5H3,(H,16,17)(H2,14,15,18). The largest absolute Gasteiger partial charge is 0.481 e. The number of nitrogens with one attached hydrogen (secondary N) is 2. The maximum absolute atomic E-state index is 11.5. The molecule has 0 aliphatic carbocycles. The summed E-state index contributed by atoms with van der Waals surface area (Å²) in [5.41, 5.74) is -0.0748. The fourth-order valence-electron chi connectivity index (χ4n) is 1.58. The number of thioether (sulfide) groups is 1. The quantitative estimate of drug-likeness (QED) is 0.671. The van der Waals surface area contributed by atoms with Crippen molar-refractivity contribution in [2.45, 2.75) is 39.4 Å². The van der Waals surface area contributed by atoms with Crippen molar-refractivity contribution in [2.75, 3.05) is 19.3 Å².